The Bertz CT molecular complexity index is 538. The van der Waals surface area contributed by atoms with Crippen molar-refractivity contribution in [1.82, 2.24) is 5.32 Å². The van der Waals surface area contributed by atoms with Crippen molar-refractivity contribution in [2.24, 2.45) is 0 Å². The molecule has 0 heterocycles. The number of hydrogen-bond donors (Lipinski definition) is 2. The first-order chi connectivity index (χ1) is 9.19. The fraction of sp³-hybridized carbons (Fsp3) is 0.214. The third-order valence-electron chi connectivity index (χ3n) is 2.66. The normalized spacial score (nSPS) is 13.9. The maximum Gasteiger partial charge on any atom is 0.175 e. The van der Waals surface area contributed by atoms with E-state index in [0.29, 0.717) is 5.11 Å². The molecule has 1 aliphatic carbocycles. The summed E-state index contributed by atoms with van der Waals surface area (Å²) in [4.78, 5) is 1.06. The van der Waals surface area contributed by atoms with Crippen LogP contribution in [0.25, 0.3) is 0 Å². The Kier molecular flexibility index (Phi) is 5.31. The number of nitrogens with one attached hydrogen (secondary N) is 2. The van der Waals surface area contributed by atoms with Gasteiger partial charge in [0.15, 0.2) is 5.11 Å². The number of hydrogen-bond acceptors (Lipinski definition) is 2. The smallest absolute Gasteiger partial charge is 0.175 e. The van der Waals surface area contributed by atoms with E-state index in [1.807, 2.05) is 30.5 Å². The van der Waals surface area contributed by atoms with Crippen LogP contribution in [-0.4, -0.2) is 11.4 Å². The van der Waals surface area contributed by atoms with Gasteiger partial charge in [-0.15, -0.1) is 11.8 Å². The zero-order valence-electron chi connectivity index (χ0n) is 10.6. The molecule has 0 spiro atoms. The van der Waals surface area contributed by atoms with Crippen LogP contribution in [0.4, 0.5) is 5.69 Å². The quantitative estimate of drug-likeness (QED) is 0.630. The molecule has 0 unspecified atom stereocenters. The zero-order chi connectivity index (χ0) is 13.7. The molecule has 0 bridgehead atoms. The van der Waals surface area contributed by atoms with E-state index in [0.717, 1.165) is 34.1 Å². The topological polar surface area (TPSA) is 24.1 Å². The zero-order valence-corrected chi connectivity index (χ0v) is 13.0. The van der Waals surface area contributed by atoms with Gasteiger partial charge in [-0.1, -0.05) is 23.8 Å². The second kappa shape index (κ2) is 6.98. The lowest BCUT2D eigenvalue weighted by Gasteiger charge is -2.13. The third-order valence-corrected chi connectivity index (χ3v) is 4.09. The summed E-state index contributed by atoms with van der Waals surface area (Å²) in [6.45, 7) is 0. The summed E-state index contributed by atoms with van der Waals surface area (Å²) >= 11 is 13.1. The maximum atomic E-state index is 6.16. The monoisotopic (exact) mass is 310 g/mol. The van der Waals surface area contributed by atoms with E-state index in [4.69, 9.17) is 23.8 Å². The molecule has 2 rings (SSSR count). The van der Waals surface area contributed by atoms with Crippen molar-refractivity contribution in [3.05, 3.63) is 47.1 Å². The van der Waals surface area contributed by atoms with E-state index in [1.165, 1.54) is 0 Å². The molecule has 1 aliphatic rings. The van der Waals surface area contributed by atoms with Crippen LogP contribution in [0.2, 0.25) is 5.02 Å². The Hall–Kier alpha value is -0.970. The number of anilines is 1. The first kappa shape index (κ1) is 14.4. The first-order valence-corrected chi connectivity index (χ1v) is 7.98. The molecule has 0 fully saturated rings. The van der Waals surface area contributed by atoms with E-state index < -0.39 is 0 Å². The average molecular weight is 311 g/mol. The van der Waals surface area contributed by atoms with Crippen LogP contribution in [0.15, 0.2) is 47.0 Å². The summed E-state index contributed by atoms with van der Waals surface area (Å²) in [5, 5.41) is 7.60. The SMILES string of the molecule is CSc1ccc(NC(=S)NC2=CCCC=C2)cc1Cl. The highest BCUT2D eigenvalue weighted by molar-refractivity contribution is 7.98. The van der Waals surface area contributed by atoms with Gasteiger partial charge in [0, 0.05) is 16.3 Å². The Balaban J connectivity index is 1.97. The molecule has 100 valence electrons. The highest BCUT2D eigenvalue weighted by atomic mass is 35.5. The van der Waals surface area contributed by atoms with Crippen LogP contribution < -0.4 is 10.6 Å². The van der Waals surface area contributed by atoms with Crippen molar-refractivity contribution >= 4 is 46.4 Å². The molecule has 2 N–H and O–H groups in total. The molecule has 5 heteroatoms. The first-order valence-electron chi connectivity index (χ1n) is 5.97. The number of thiocarbonyl (C=S) groups is 1. The van der Waals surface area contributed by atoms with E-state index in [1.54, 1.807) is 11.8 Å². The minimum absolute atomic E-state index is 0.575. The molecule has 1 aromatic carbocycles. The summed E-state index contributed by atoms with van der Waals surface area (Å²) in [5.41, 5.74) is 1.93. The number of thioether (sulfide) groups is 1. The highest BCUT2D eigenvalue weighted by Crippen LogP contribution is 2.27. The molecular weight excluding hydrogens is 296 g/mol. The fourth-order valence-electron chi connectivity index (χ4n) is 1.74. The molecule has 1 aromatic rings. The lowest BCUT2D eigenvalue weighted by Crippen LogP contribution is -2.27. The largest absolute Gasteiger partial charge is 0.333 e. The van der Waals surface area contributed by atoms with E-state index in [-0.39, 0.29) is 0 Å². The molecule has 0 aliphatic heterocycles. The summed E-state index contributed by atoms with van der Waals surface area (Å²) in [5.74, 6) is 0. The van der Waals surface area contributed by atoms with Gasteiger partial charge in [-0.25, -0.2) is 0 Å². The van der Waals surface area contributed by atoms with Gasteiger partial charge in [-0.05, 0) is 55.6 Å². The fourth-order valence-corrected chi connectivity index (χ4v) is 2.85. The summed E-state index contributed by atoms with van der Waals surface area (Å²) in [6, 6.07) is 5.83. The molecule has 2 nitrogen and oxygen atoms in total. The second-order valence-corrected chi connectivity index (χ2v) is 5.73. The van der Waals surface area contributed by atoms with Crippen molar-refractivity contribution in [2.45, 2.75) is 17.7 Å². The predicted molar refractivity (Wildman–Crippen MR) is 89.0 cm³/mol. The molecular formula is C14H15ClN2S2. The van der Waals surface area contributed by atoms with Gasteiger partial charge in [-0.2, -0.15) is 0 Å². The van der Waals surface area contributed by atoms with Gasteiger partial charge >= 0.3 is 0 Å². The molecule has 19 heavy (non-hydrogen) atoms. The Morgan fingerprint density at radius 1 is 1.32 bits per heavy atom. The molecule has 0 atom stereocenters. The molecule has 0 radical (unpaired) electrons. The van der Waals surface area contributed by atoms with Gasteiger partial charge in [-0.3, -0.25) is 0 Å². The number of benzene rings is 1. The third kappa shape index (κ3) is 4.27. The Morgan fingerprint density at radius 3 is 2.79 bits per heavy atom. The molecule has 0 aromatic heterocycles. The highest BCUT2D eigenvalue weighted by Gasteiger charge is 2.04. The molecule has 0 saturated carbocycles. The van der Waals surface area contributed by atoms with Crippen LogP contribution in [0.3, 0.4) is 0 Å². The van der Waals surface area contributed by atoms with Crippen molar-refractivity contribution in [1.29, 1.82) is 0 Å². The Labute approximate surface area is 128 Å². The van der Waals surface area contributed by atoms with Gasteiger partial charge in [0.05, 0.1) is 5.02 Å². The summed E-state index contributed by atoms with van der Waals surface area (Å²) in [6.07, 6.45) is 10.5. The standard InChI is InChI=1S/C14H15ClN2S2/c1-19-13-8-7-11(9-12(13)15)17-14(18)16-10-5-3-2-4-6-10/h3,5-9H,2,4H2,1H3,(H2,16,17,18). The van der Waals surface area contributed by atoms with Crippen LogP contribution >= 0.6 is 35.6 Å². The van der Waals surface area contributed by atoms with Crippen LogP contribution in [0, 0.1) is 0 Å². The van der Waals surface area contributed by atoms with Crippen LogP contribution in [0.5, 0.6) is 0 Å². The van der Waals surface area contributed by atoms with Crippen molar-refractivity contribution < 1.29 is 0 Å². The molecule has 0 amide bonds. The van der Waals surface area contributed by atoms with Gasteiger partial charge in [0.25, 0.3) is 0 Å². The maximum absolute atomic E-state index is 6.16. The van der Waals surface area contributed by atoms with Crippen molar-refractivity contribution in [3.63, 3.8) is 0 Å². The van der Waals surface area contributed by atoms with Gasteiger partial charge in [0.1, 0.15) is 0 Å². The number of allylic oxidation sites excluding steroid dienone is 3. The van der Waals surface area contributed by atoms with E-state index in [9.17, 15) is 0 Å². The van der Waals surface area contributed by atoms with E-state index in [2.05, 4.69) is 22.8 Å². The van der Waals surface area contributed by atoms with Crippen molar-refractivity contribution in [3.8, 4) is 0 Å². The Morgan fingerprint density at radius 2 is 2.16 bits per heavy atom. The van der Waals surface area contributed by atoms with Gasteiger partial charge in [0.2, 0.25) is 0 Å². The van der Waals surface area contributed by atoms with E-state index >= 15 is 0 Å². The summed E-state index contributed by atoms with van der Waals surface area (Å²) in [7, 11) is 0. The minimum atomic E-state index is 0.575. The minimum Gasteiger partial charge on any atom is -0.333 e. The van der Waals surface area contributed by atoms with Gasteiger partial charge < -0.3 is 10.6 Å². The number of halogens is 1. The molecule has 0 saturated heterocycles. The lowest BCUT2D eigenvalue weighted by atomic mass is 10.1. The second-order valence-electron chi connectivity index (χ2n) is 4.07. The number of rotatable bonds is 3. The van der Waals surface area contributed by atoms with Crippen LogP contribution in [-0.2, 0) is 0 Å². The van der Waals surface area contributed by atoms with Crippen LogP contribution in [0.1, 0.15) is 12.8 Å². The van der Waals surface area contributed by atoms with Crippen molar-refractivity contribution in [2.75, 3.05) is 11.6 Å². The lowest BCUT2D eigenvalue weighted by molar-refractivity contribution is 0.987. The predicted octanol–water partition coefficient (Wildman–Crippen LogP) is 4.58. The average Bonchev–Trinajstić information content (AvgIpc) is 2.40. The summed E-state index contributed by atoms with van der Waals surface area (Å²) < 4.78 is 0.